The van der Waals surface area contributed by atoms with Crippen LogP contribution in [0.2, 0.25) is 0 Å². The maximum Gasteiger partial charge on any atom is 0.126 e. The first-order valence-corrected chi connectivity index (χ1v) is 6.87. The van der Waals surface area contributed by atoms with Crippen molar-refractivity contribution in [2.45, 2.75) is 46.6 Å². The molecule has 1 N–H and O–H groups in total. The second kappa shape index (κ2) is 6.47. The van der Waals surface area contributed by atoms with E-state index < -0.39 is 11.6 Å². The van der Waals surface area contributed by atoms with Crippen molar-refractivity contribution in [1.29, 1.82) is 0 Å². The van der Waals surface area contributed by atoms with Gasteiger partial charge in [0.1, 0.15) is 11.6 Å². The number of benzene rings is 1. The highest BCUT2D eigenvalue weighted by atomic mass is 19.1. The van der Waals surface area contributed by atoms with Gasteiger partial charge in [-0.2, -0.15) is 0 Å². The second-order valence-electron chi connectivity index (χ2n) is 6.57. The molecule has 0 heterocycles. The van der Waals surface area contributed by atoms with E-state index in [2.05, 4.69) is 39.9 Å². The molecule has 0 fully saturated rings. The Balaban J connectivity index is 2.56. The Kier molecular flexibility index (Phi) is 5.48. The van der Waals surface area contributed by atoms with Crippen LogP contribution in [-0.2, 0) is 6.42 Å². The summed E-state index contributed by atoms with van der Waals surface area (Å²) >= 11 is 0. The van der Waals surface area contributed by atoms with Crippen LogP contribution in [0.15, 0.2) is 18.2 Å². The van der Waals surface area contributed by atoms with E-state index in [0.29, 0.717) is 18.3 Å². The minimum absolute atomic E-state index is 0.0962. The Morgan fingerprint density at radius 2 is 1.53 bits per heavy atom. The van der Waals surface area contributed by atoms with E-state index in [1.165, 1.54) is 12.1 Å². The number of rotatable bonds is 5. The van der Waals surface area contributed by atoms with Crippen LogP contribution < -0.4 is 5.32 Å². The summed E-state index contributed by atoms with van der Waals surface area (Å²) in [6, 6.07) is 3.76. The van der Waals surface area contributed by atoms with E-state index in [4.69, 9.17) is 0 Å². The second-order valence-corrected chi connectivity index (χ2v) is 6.57. The standard InChI is InChI=1S/C16H25F2N/c1-11(12(2)10-19-16(3,4)5)6-13-7-14(17)9-15(18)8-13/h7-9,11-12,19H,6,10H2,1-5H3. The van der Waals surface area contributed by atoms with E-state index in [-0.39, 0.29) is 5.54 Å². The van der Waals surface area contributed by atoms with Gasteiger partial charge in [-0.15, -0.1) is 0 Å². The minimum Gasteiger partial charge on any atom is -0.312 e. The van der Waals surface area contributed by atoms with Crippen molar-refractivity contribution in [2.24, 2.45) is 11.8 Å². The lowest BCUT2D eigenvalue weighted by atomic mass is 9.89. The van der Waals surface area contributed by atoms with Gasteiger partial charge in [-0.05, 0) is 63.3 Å². The first kappa shape index (κ1) is 16.1. The molecule has 19 heavy (non-hydrogen) atoms. The summed E-state index contributed by atoms with van der Waals surface area (Å²) in [5, 5.41) is 3.46. The number of halogens is 2. The molecule has 0 aromatic heterocycles. The quantitative estimate of drug-likeness (QED) is 0.846. The number of nitrogens with one attached hydrogen (secondary N) is 1. The van der Waals surface area contributed by atoms with E-state index >= 15 is 0 Å². The minimum atomic E-state index is -0.498. The molecule has 0 aliphatic heterocycles. The molecule has 3 heteroatoms. The van der Waals surface area contributed by atoms with Gasteiger partial charge < -0.3 is 5.32 Å². The Labute approximate surface area is 115 Å². The van der Waals surface area contributed by atoms with Gasteiger partial charge in [0.15, 0.2) is 0 Å². The van der Waals surface area contributed by atoms with Crippen molar-refractivity contribution in [3.05, 3.63) is 35.4 Å². The van der Waals surface area contributed by atoms with Crippen LogP contribution in [0.5, 0.6) is 0 Å². The maximum absolute atomic E-state index is 13.1. The fourth-order valence-corrected chi connectivity index (χ4v) is 1.97. The van der Waals surface area contributed by atoms with E-state index in [1.54, 1.807) is 0 Å². The molecule has 1 aromatic rings. The molecule has 0 bridgehead atoms. The van der Waals surface area contributed by atoms with Crippen LogP contribution in [0.3, 0.4) is 0 Å². The summed E-state index contributed by atoms with van der Waals surface area (Å²) in [5.74, 6) is -0.174. The van der Waals surface area contributed by atoms with Gasteiger partial charge >= 0.3 is 0 Å². The van der Waals surface area contributed by atoms with E-state index in [9.17, 15) is 8.78 Å². The van der Waals surface area contributed by atoms with Gasteiger partial charge in [0, 0.05) is 11.6 Å². The van der Waals surface area contributed by atoms with Crippen LogP contribution in [0, 0.1) is 23.5 Å². The average molecular weight is 269 g/mol. The van der Waals surface area contributed by atoms with Gasteiger partial charge in [0.25, 0.3) is 0 Å². The predicted octanol–water partition coefficient (Wildman–Crippen LogP) is 4.17. The highest BCUT2D eigenvalue weighted by Crippen LogP contribution is 2.19. The summed E-state index contributed by atoms with van der Waals surface area (Å²) in [4.78, 5) is 0. The summed E-state index contributed by atoms with van der Waals surface area (Å²) < 4.78 is 26.3. The van der Waals surface area contributed by atoms with Crippen molar-refractivity contribution in [3.8, 4) is 0 Å². The molecule has 0 radical (unpaired) electrons. The summed E-state index contributed by atoms with van der Waals surface area (Å²) in [6.45, 7) is 11.6. The molecule has 0 aliphatic rings. The van der Waals surface area contributed by atoms with E-state index in [1.807, 2.05) is 0 Å². The molecule has 0 aliphatic carbocycles. The lowest BCUT2D eigenvalue weighted by molar-refractivity contribution is 0.317. The molecule has 0 spiro atoms. The van der Waals surface area contributed by atoms with E-state index in [0.717, 1.165) is 18.2 Å². The molecule has 2 unspecified atom stereocenters. The highest BCUT2D eigenvalue weighted by molar-refractivity contribution is 5.18. The Morgan fingerprint density at radius 3 is 2.00 bits per heavy atom. The molecular formula is C16H25F2N. The zero-order chi connectivity index (χ0) is 14.6. The van der Waals surface area contributed by atoms with Gasteiger partial charge in [-0.25, -0.2) is 8.78 Å². The summed E-state index contributed by atoms with van der Waals surface area (Å²) in [7, 11) is 0. The van der Waals surface area contributed by atoms with Crippen LogP contribution in [0.25, 0.3) is 0 Å². The third-order valence-corrected chi connectivity index (χ3v) is 3.41. The monoisotopic (exact) mass is 269 g/mol. The third kappa shape index (κ3) is 6.15. The fourth-order valence-electron chi connectivity index (χ4n) is 1.97. The largest absolute Gasteiger partial charge is 0.312 e. The topological polar surface area (TPSA) is 12.0 Å². The molecule has 1 aromatic carbocycles. The Hall–Kier alpha value is -0.960. The lowest BCUT2D eigenvalue weighted by Crippen LogP contribution is -2.40. The first-order chi connectivity index (χ1) is 8.67. The van der Waals surface area contributed by atoms with Crippen molar-refractivity contribution < 1.29 is 8.78 Å². The summed E-state index contributed by atoms with van der Waals surface area (Å²) in [6.07, 6.45) is 0.696. The first-order valence-electron chi connectivity index (χ1n) is 6.87. The Bertz CT molecular complexity index is 389. The van der Waals surface area contributed by atoms with Gasteiger partial charge in [0.2, 0.25) is 0 Å². The molecule has 0 amide bonds. The lowest BCUT2D eigenvalue weighted by Gasteiger charge is -2.26. The number of hydrogen-bond acceptors (Lipinski definition) is 1. The summed E-state index contributed by atoms with van der Waals surface area (Å²) in [5.41, 5.74) is 0.825. The fraction of sp³-hybridized carbons (Fsp3) is 0.625. The zero-order valence-electron chi connectivity index (χ0n) is 12.6. The number of hydrogen-bond donors (Lipinski definition) is 1. The molecule has 108 valence electrons. The van der Waals surface area contributed by atoms with Gasteiger partial charge in [-0.1, -0.05) is 13.8 Å². The van der Waals surface area contributed by atoms with Crippen molar-refractivity contribution in [2.75, 3.05) is 6.54 Å². The van der Waals surface area contributed by atoms with Gasteiger partial charge in [-0.3, -0.25) is 0 Å². The van der Waals surface area contributed by atoms with Gasteiger partial charge in [0.05, 0.1) is 0 Å². The molecular weight excluding hydrogens is 244 g/mol. The van der Waals surface area contributed by atoms with Crippen molar-refractivity contribution in [1.82, 2.24) is 5.32 Å². The molecule has 0 saturated heterocycles. The van der Waals surface area contributed by atoms with Crippen LogP contribution in [0.1, 0.15) is 40.2 Å². The highest BCUT2D eigenvalue weighted by Gasteiger charge is 2.17. The van der Waals surface area contributed by atoms with Crippen molar-refractivity contribution in [3.63, 3.8) is 0 Å². The van der Waals surface area contributed by atoms with Crippen LogP contribution in [0.4, 0.5) is 8.78 Å². The Morgan fingerprint density at radius 1 is 1.00 bits per heavy atom. The third-order valence-electron chi connectivity index (χ3n) is 3.41. The smallest absolute Gasteiger partial charge is 0.126 e. The average Bonchev–Trinajstić information content (AvgIpc) is 2.23. The molecule has 0 saturated carbocycles. The van der Waals surface area contributed by atoms with Crippen molar-refractivity contribution >= 4 is 0 Å². The normalized spacial score (nSPS) is 15.3. The molecule has 1 rings (SSSR count). The maximum atomic E-state index is 13.1. The molecule has 1 nitrogen and oxygen atoms in total. The van der Waals surface area contributed by atoms with Crippen LogP contribution >= 0.6 is 0 Å². The molecule has 2 atom stereocenters. The van der Waals surface area contributed by atoms with Crippen LogP contribution in [-0.4, -0.2) is 12.1 Å². The zero-order valence-corrected chi connectivity index (χ0v) is 12.6. The SMILES string of the molecule is CC(CNC(C)(C)C)C(C)Cc1cc(F)cc(F)c1. The predicted molar refractivity (Wildman–Crippen MR) is 76.1 cm³/mol.